The topological polar surface area (TPSA) is 97.0 Å². The number of rotatable bonds is 0. The molecule has 1 heterocycles. The van der Waals surface area contributed by atoms with E-state index >= 15 is 0 Å². The Morgan fingerprint density at radius 2 is 1.29 bits per heavy atom. The Balaban J connectivity index is 0.000000105. The predicted molar refractivity (Wildman–Crippen MR) is 16.6 cm³/mol. The summed E-state index contributed by atoms with van der Waals surface area (Å²) in [6.07, 6.45) is 0. The second-order valence-electron chi connectivity index (χ2n) is 0.435. The highest BCUT2D eigenvalue weighted by Crippen LogP contribution is 1.79. The van der Waals surface area contributed by atoms with Crippen LogP contribution in [0.5, 0.6) is 0 Å². The van der Waals surface area contributed by atoms with Gasteiger partial charge in [-0.2, -0.15) is 4.21 Å². The Morgan fingerprint density at radius 3 is 1.29 bits per heavy atom. The molecule has 0 saturated carbocycles. The van der Waals surface area contributed by atoms with E-state index in [1.165, 1.54) is 0 Å². The van der Waals surface area contributed by atoms with Crippen molar-refractivity contribution < 1.29 is 27.5 Å². The molecule has 0 aliphatic carbocycles. The summed E-state index contributed by atoms with van der Waals surface area (Å²) in [6.45, 7) is 0. The van der Waals surface area contributed by atoms with Gasteiger partial charge in [0.2, 0.25) is 0 Å². The lowest BCUT2D eigenvalue weighted by Gasteiger charge is -1.59. The van der Waals surface area contributed by atoms with E-state index in [0.29, 0.717) is 0 Å². The fourth-order valence-corrected chi connectivity index (χ4v) is 0. The minimum absolute atomic E-state index is 2.61. The second kappa shape index (κ2) is 3.65. The van der Waals surface area contributed by atoms with Crippen molar-refractivity contribution in [3.63, 3.8) is 0 Å². The molecule has 0 fully saturated rings. The molecule has 0 aromatic carbocycles. The highest BCUT2D eigenvalue weighted by molar-refractivity contribution is 7.73. The molecule has 0 radical (unpaired) electrons. The van der Waals surface area contributed by atoms with Crippen LogP contribution in [0.25, 0.3) is 0 Å². The molecular formula is H2O6S. The Labute approximate surface area is 40.0 Å². The highest BCUT2D eigenvalue weighted by atomic mass is 32.2. The van der Waals surface area contributed by atoms with Gasteiger partial charge in [0.25, 0.3) is 11.4 Å². The van der Waals surface area contributed by atoms with Crippen LogP contribution in [0, 0.1) is 0 Å². The normalized spacial score (nSPS) is 8.43. The van der Waals surface area contributed by atoms with E-state index in [1.807, 2.05) is 0 Å². The Kier molecular flexibility index (Phi) is 3.38. The van der Waals surface area contributed by atoms with Gasteiger partial charge in [0.1, 0.15) is 0 Å². The lowest BCUT2D eigenvalue weighted by Crippen LogP contribution is -1.74. The van der Waals surface area contributed by atoms with Crippen molar-refractivity contribution in [2.45, 2.75) is 0 Å². The molecule has 0 amide bonds. The van der Waals surface area contributed by atoms with Crippen molar-refractivity contribution >= 4 is 11.4 Å². The molecule has 7 heteroatoms. The van der Waals surface area contributed by atoms with E-state index in [9.17, 15) is 0 Å². The maximum Gasteiger partial charge on any atom is 0.299 e. The average molecular weight is 130 g/mol. The Morgan fingerprint density at radius 1 is 1.14 bits per heavy atom. The first-order valence-electron chi connectivity index (χ1n) is 1.03. The summed E-state index contributed by atoms with van der Waals surface area (Å²) in [4.78, 5) is 0. The molecular weight excluding hydrogens is 128 g/mol. The maximum atomic E-state index is 8.67. The van der Waals surface area contributed by atoms with Crippen molar-refractivity contribution in [3.8, 4) is 0 Å². The smallest absolute Gasteiger partial charge is 0.284 e. The van der Waals surface area contributed by atoms with Crippen LogP contribution in [0.1, 0.15) is 0 Å². The molecule has 0 spiro atoms. The Hall–Kier alpha value is -0.530. The van der Waals surface area contributed by atoms with Crippen LogP contribution in [-0.2, 0) is 11.4 Å². The molecule has 1 rings (SSSR count). The summed E-state index contributed by atoms with van der Waals surface area (Å²) in [7, 11) is 0. The minimum Gasteiger partial charge on any atom is -0.284 e. The molecule has 0 bridgehead atoms. The van der Waals surface area contributed by atoms with Gasteiger partial charge in [-0.3, -0.25) is 9.11 Å². The van der Waals surface area contributed by atoms with Crippen LogP contribution in [-0.4, -0.2) is 13.3 Å². The molecule has 1 aromatic rings. The summed E-state index contributed by atoms with van der Waals surface area (Å²) in [5.41, 5.74) is 0. The zero-order valence-corrected chi connectivity index (χ0v) is 3.75. The molecule has 7 heavy (non-hydrogen) atoms. The van der Waals surface area contributed by atoms with Gasteiger partial charge in [-0.25, -0.2) is 0 Å². The van der Waals surface area contributed by atoms with Gasteiger partial charge in [0.05, 0.1) is 0 Å². The van der Waals surface area contributed by atoms with Crippen molar-refractivity contribution in [1.82, 2.24) is 0 Å². The van der Waals surface area contributed by atoms with Crippen LogP contribution in [0.2, 0.25) is 0 Å². The molecule has 1 aromatic heterocycles. The van der Waals surface area contributed by atoms with Gasteiger partial charge < -0.3 is 0 Å². The highest BCUT2D eigenvalue weighted by Gasteiger charge is 1.63. The first-order chi connectivity index (χ1) is 3.23. The van der Waals surface area contributed by atoms with Gasteiger partial charge >= 0.3 is 0 Å². The van der Waals surface area contributed by atoms with E-state index in [1.54, 1.807) is 0 Å². The molecule has 2 N–H and O–H groups in total. The summed E-state index contributed by atoms with van der Waals surface area (Å²) in [5.74, 6) is 0. The van der Waals surface area contributed by atoms with Crippen molar-refractivity contribution in [3.05, 3.63) is 0 Å². The van der Waals surface area contributed by atoms with Gasteiger partial charge in [-0.1, -0.05) is 0 Å². The third kappa shape index (κ3) is 298. The lowest BCUT2D eigenvalue weighted by molar-refractivity contribution is 0.264. The largest absolute Gasteiger partial charge is 0.299 e. The average Bonchev–Trinajstić information content (AvgIpc) is 2.02. The van der Waals surface area contributed by atoms with E-state index < -0.39 is 11.4 Å². The van der Waals surface area contributed by atoms with E-state index in [4.69, 9.17) is 13.3 Å². The molecule has 0 unspecified atom stereocenters. The first kappa shape index (κ1) is 6.47. The summed E-state index contributed by atoms with van der Waals surface area (Å²) >= 11 is -2.61. The van der Waals surface area contributed by atoms with Crippen LogP contribution >= 0.6 is 0 Å². The third-order valence-corrected chi connectivity index (χ3v) is 0.0680. The van der Waals surface area contributed by atoms with Gasteiger partial charge in [0, 0.05) is 14.2 Å². The maximum absolute atomic E-state index is 8.67. The predicted octanol–water partition coefficient (Wildman–Crippen LogP) is 0.147. The monoisotopic (exact) mass is 130 g/mol. The van der Waals surface area contributed by atoms with Crippen LogP contribution in [0.4, 0.5) is 0 Å². The fraction of sp³-hybridized carbons (Fsp3) is 0. The van der Waals surface area contributed by atoms with Crippen molar-refractivity contribution in [2.75, 3.05) is 0 Å². The first-order valence-corrected chi connectivity index (χ1v) is 2.10. The molecule has 0 aliphatic rings. The standard InChI is InChI=1S/H2O3S.O3/c1-4(2)3;1-2-3-1/h(H2,1,2,3);. The molecule has 0 saturated heterocycles. The fourth-order valence-electron chi connectivity index (χ4n) is 0. The van der Waals surface area contributed by atoms with E-state index in [-0.39, 0.29) is 0 Å². The molecule has 0 atom stereocenters. The zero-order valence-electron chi connectivity index (χ0n) is 2.94. The third-order valence-electron chi connectivity index (χ3n) is 0.0680. The quantitative estimate of drug-likeness (QED) is 0.383. The van der Waals surface area contributed by atoms with Crippen molar-refractivity contribution in [1.29, 1.82) is 0 Å². The summed E-state index contributed by atoms with van der Waals surface area (Å²) < 4.78 is 33.3. The zero-order chi connectivity index (χ0) is 5.70. The summed E-state index contributed by atoms with van der Waals surface area (Å²) in [6, 6.07) is 0. The van der Waals surface area contributed by atoms with Gasteiger partial charge in [-0.15, -0.1) is 0 Å². The number of hydrogen-bond donors (Lipinski definition) is 2. The summed E-state index contributed by atoms with van der Waals surface area (Å²) in [5, 5.41) is 0. The van der Waals surface area contributed by atoms with E-state index in [2.05, 4.69) is 14.2 Å². The van der Waals surface area contributed by atoms with Crippen LogP contribution < -0.4 is 0 Å². The number of hydrogen-bond acceptors (Lipinski definition) is 4. The molecule has 6 nitrogen and oxygen atoms in total. The molecule has 44 valence electrons. The van der Waals surface area contributed by atoms with Gasteiger partial charge in [0.15, 0.2) is 0 Å². The lowest BCUT2D eigenvalue weighted by atomic mass is 15.2. The van der Waals surface area contributed by atoms with Crippen LogP contribution in [0.15, 0.2) is 14.2 Å². The van der Waals surface area contributed by atoms with Gasteiger partial charge in [-0.05, 0) is 0 Å². The van der Waals surface area contributed by atoms with Crippen LogP contribution in [0.3, 0.4) is 0 Å². The Bertz CT molecular complexity index is 82.7. The van der Waals surface area contributed by atoms with E-state index in [0.717, 1.165) is 0 Å². The minimum atomic E-state index is -2.61. The SMILES string of the molecule is O=S(O)O.o1oo1. The molecule has 0 aliphatic heterocycles. The second-order valence-corrected chi connectivity index (χ2v) is 0.896. The van der Waals surface area contributed by atoms with Crippen molar-refractivity contribution in [2.24, 2.45) is 0 Å².